The molecule has 0 spiro atoms. The molecule has 0 saturated carbocycles. The van der Waals surface area contributed by atoms with Crippen LogP contribution in [0.25, 0.3) is 11.3 Å². The molecular formula is C23H24F3N5O. The molecule has 6 nitrogen and oxygen atoms in total. The van der Waals surface area contributed by atoms with Gasteiger partial charge in [-0.05, 0) is 55.8 Å². The zero-order valence-corrected chi connectivity index (χ0v) is 18.0. The maximum atomic E-state index is 14.3. The van der Waals surface area contributed by atoms with E-state index >= 15 is 0 Å². The SMILES string of the molecule is CNC(=O)c1cc(-c2ccc(NC[C@](C)(C[C@H](C)F)c3ncccc3F)nn2)ccc1F. The van der Waals surface area contributed by atoms with Gasteiger partial charge in [-0.2, -0.15) is 0 Å². The molecule has 0 aliphatic heterocycles. The Bertz CT molecular complexity index is 1090. The molecular weight excluding hydrogens is 419 g/mol. The van der Waals surface area contributed by atoms with E-state index in [1.807, 2.05) is 0 Å². The van der Waals surface area contributed by atoms with Crippen molar-refractivity contribution in [1.82, 2.24) is 20.5 Å². The molecule has 3 aromatic rings. The zero-order chi connectivity index (χ0) is 23.3. The van der Waals surface area contributed by atoms with E-state index in [2.05, 4.69) is 25.8 Å². The predicted octanol–water partition coefficient (Wildman–Crippen LogP) is 4.29. The van der Waals surface area contributed by atoms with Crippen LogP contribution in [0.3, 0.4) is 0 Å². The van der Waals surface area contributed by atoms with E-state index in [1.54, 1.807) is 19.1 Å². The Labute approximate surface area is 184 Å². The number of hydrogen-bond acceptors (Lipinski definition) is 5. The highest BCUT2D eigenvalue weighted by atomic mass is 19.1. The van der Waals surface area contributed by atoms with E-state index in [4.69, 9.17) is 0 Å². The molecule has 32 heavy (non-hydrogen) atoms. The normalized spacial score (nSPS) is 13.8. The van der Waals surface area contributed by atoms with Gasteiger partial charge in [0, 0.05) is 30.8 Å². The predicted molar refractivity (Wildman–Crippen MR) is 116 cm³/mol. The van der Waals surface area contributed by atoms with E-state index in [0.29, 0.717) is 17.1 Å². The highest BCUT2D eigenvalue weighted by Crippen LogP contribution is 2.31. The quantitative estimate of drug-likeness (QED) is 0.543. The molecule has 2 heterocycles. The molecule has 168 valence electrons. The second kappa shape index (κ2) is 9.76. The number of benzene rings is 1. The number of anilines is 1. The van der Waals surface area contributed by atoms with E-state index in [9.17, 15) is 18.0 Å². The van der Waals surface area contributed by atoms with Crippen molar-refractivity contribution < 1.29 is 18.0 Å². The minimum atomic E-state index is -1.16. The maximum absolute atomic E-state index is 14.3. The molecule has 2 N–H and O–H groups in total. The first kappa shape index (κ1) is 23.2. The molecule has 0 aliphatic carbocycles. The van der Waals surface area contributed by atoms with Crippen LogP contribution >= 0.6 is 0 Å². The minimum absolute atomic E-state index is 0.0668. The van der Waals surface area contributed by atoms with Crippen LogP contribution in [0.15, 0.2) is 48.7 Å². The lowest BCUT2D eigenvalue weighted by atomic mass is 9.81. The van der Waals surface area contributed by atoms with Crippen molar-refractivity contribution in [2.45, 2.75) is 31.9 Å². The molecule has 0 saturated heterocycles. The van der Waals surface area contributed by atoms with Crippen LogP contribution in [0, 0.1) is 11.6 Å². The summed E-state index contributed by atoms with van der Waals surface area (Å²) in [5.41, 5.74) is 0.128. The Morgan fingerprint density at radius 1 is 1.12 bits per heavy atom. The van der Waals surface area contributed by atoms with Gasteiger partial charge >= 0.3 is 0 Å². The summed E-state index contributed by atoms with van der Waals surface area (Å²) in [4.78, 5) is 15.9. The Kier molecular flexibility index (Phi) is 7.07. The second-order valence-electron chi connectivity index (χ2n) is 7.81. The monoisotopic (exact) mass is 443 g/mol. The number of aromatic nitrogens is 3. The second-order valence-corrected chi connectivity index (χ2v) is 7.81. The molecule has 0 fully saturated rings. The average Bonchev–Trinajstić information content (AvgIpc) is 2.78. The average molecular weight is 443 g/mol. The van der Waals surface area contributed by atoms with Crippen molar-refractivity contribution in [3.05, 3.63) is 71.6 Å². The molecule has 1 aromatic carbocycles. The first-order valence-electron chi connectivity index (χ1n) is 10.1. The molecule has 0 radical (unpaired) electrons. The summed E-state index contributed by atoms with van der Waals surface area (Å²) in [6, 6.07) is 10.2. The number of nitrogens with one attached hydrogen (secondary N) is 2. The fourth-order valence-electron chi connectivity index (χ4n) is 3.56. The van der Waals surface area contributed by atoms with Gasteiger partial charge in [0.2, 0.25) is 0 Å². The van der Waals surface area contributed by atoms with E-state index < -0.39 is 29.1 Å². The number of hydrogen-bond donors (Lipinski definition) is 2. The minimum Gasteiger partial charge on any atom is -0.368 e. The molecule has 2 atom stereocenters. The number of carbonyl (C=O) groups excluding carboxylic acids is 1. The Morgan fingerprint density at radius 3 is 2.53 bits per heavy atom. The molecule has 3 rings (SSSR count). The largest absolute Gasteiger partial charge is 0.368 e. The van der Waals surface area contributed by atoms with Crippen molar-refractivity contribution in [2.24, 2.45) is 0 Å². The molecule has 0 unspecified atom stereocenters. The van der Waals surface area contributed by atoms with Crippen LogP contribution in [0.4, 0.5) is 19.0 Å². The fourth-order valence-corrected chi connectivity index (χ4v) is 3.56. The topological polar surface area (TPSA) is 79.8 Å². The van der Waals surface area contributed by atoms with Gasteiger partial charge in [-0.3, -0.25) is 9.78 Å². The van der Waals surface area contributed by atoms with Gasteiger partial charge in [-0.25, -0.2) is 13.2 Å². The molecule has 9 heteroatoms. The van der Waals surface area contributed by atoms with Crippen molar-refractivity contribution in [2.75, 3.05) is 18.9 Å². The third kappa shape index (κ3) is 5.22. The number of amides is 1. The summed E-state index contributed by atoms with van der Waals surface area (Å²) in [5.74, 6) is -1.28. The van der Waals surface area contributed by atoms with Gasteiger partial charge in [0.15, 0.2) is 0 Å². The van der Waals surface area contributed by atoms with Crippen molar-refractivity contribution in [1.29, 1.82) is 0 Å². The lowest BCUT2D eigenvalue weighted by Crippen LogP contribution is -2.35. The third-order valence-electron chi connectivity index (χ3n) is 5.12. The fraction of sp³-hybridized carbons (Fsp3) is 0.304. The summed E-state index contributed by atoms with van der Waals surface area (Å²) in [7, 11) is 1.42. The smallest absolute Gasteiger partial charge is 0.254 e. The standard InChI is InChI=1S/C23H24F3N5O/c1-14(24)12-23(2,21-18(26)5-4-10-28-21)13-29-20-9-8-19(30-31-20)15-6-7-17(25)16(11-15)22(32)27-3/h4-11,14H,12-13H2,1-3H3,(H,27,32)(H,29,31)/t14-,23-/m0/s1. The lowest BCUT2D eigenvalue weighted by Gasteiger charge is -2.30. The van der Waals surface area contributed by atoms with Gasteiger partial charge < -0.3 is 10.6 Å². The van der Waals surface area contributed by atoms with Crippen LogP contribution in [-0.4, -0.2) is 40.9 Å². The summed E-state index contributed by atoms with van der Waals surface area (Å²) >= 11 is 0. The summed E-state index contributed by atoms with van der Waals surface area (Å²) < 4.78 is 42.1. The van der Waals surface area contributed by atoms with Crippen LogP contribution in [0.5, 0.6) is 0 Å². The molecule has 0 bridgehead atoms. The van der Waals surface area contributed by atoms with Crippen LogP contribution in [0.2, 0.25) is 0 Å². The first-order chi connectivity index (χ1) is 15.2. The van der Waals surface area contributed by atoms with E-state index in [-0.39, 0.29) is 24.2 Å². The van der Waals surface area contributed by atoms with E-state index in [1.165, 1.54) is 50.5 Å². The zero-order valence-electron chi connectivity index (χ0n) is 18.0. The van der Waals surface area contributed by atoms with Crippen molar-refractivity contribution >= 4 is 11.7 Å². The van der Waals surface area contributed by atoms with Gasteiger partial charge in [0.25, 0.3) is 5.91 Å². The Balaban J connectivity index is 1.79. The lowest BCUT2D eigenvalue weighted by molar-refractivity contribution is 0.0959. The van der Waals surface area contributed by atoms with E-state index in [0.717, 1.165) is 0 Å². The summed E-state index contributed by atoms with van der Waals surface area (Å²) in [6.07, 6.45) is 0.381. The number of alkyl halides is 1. The maximum Gasteiger partial charge on any atom is 0.254 e. The van der Waals surface area contributed by atoms with Crippen LogP contribution in [0.1, 0.15) is 36.3 Å². The highest BCUT2D eigenvalue weighted by molar-refractivity contribution is 5.95. The number of pyridine rings is 1. The molecule has 0 aliphatic rings. The van der Waals surface area contributed by atoms with Crippen molar-refractivity contribution in [3.8, 4) is 11.3 Å². The van der Waals surface area contributed by atoms with Crippen molar-refractivity contribution in [3.63, 3.8) is 0 Å². The van der Waals surface area contributed by atoms with Crippen LogP contribution < -0.4 is 10.6 Å². The summed E-state index contributed by atoms with van der Waals surface area (Å²) in [6.45, 7) is 3.34. The highest BCUT2D eigenvalue weighted by Gasteiger charge is 2.33. The molecule has 1 amide bonds. The number of carbonyl (C=O) groups is 1. The van der Waals surface area contributed by atoms with Gasteiger partial charge in [0.05, 0.1) is 23.1 Å². The van der Waals surface area contributed by atoms with Gasteiger partial charge in [-0.1, -0.05) is 6.92 Å². The van der Waals surface area contributed by atoms with Gasteiger partial charge in [-0.15, -0.1) is 10.2 Å². The Morgan fingerprint density at radius 2 is 1.91 bits per heavy atom. The number of halogens is 3. The Hall–Kier alpha value is -3.49. The number of nitrogens with zero attached hydrogens (tertiary/aromatic N) is 3. The summed E-state index contributed by atoms with van der Waals surface area (Å²) in [5, 5.41) is 13.7. The van der Waals surface area contributed by atoms with Crippen LogP contribution in [-0.2, 0) is 5.41 Å². The first-order valence-corrected chi connectivity index (χ1v) is 10.1. The molecule has 2 aromatic heterocycles. The van der Waals surface area contributed by atoms with Gasteiger partial charge in [0.1, 0.15) is 17.5 Å². The third-order valence-corrected chi connectivity index (χ3v) is 5.12. The number of rotatable bonds is 8.